The molecule has 4 nitrogen and oxygen atoms in total. The highest BCUT2D eigenvalue weighted by molar-refractivity contribution is 5.91. The van der Waals surface area contributed by atoms with Gasteiger partial charge >= 0.3 is 0 Å². The van der Waals surface area contributed by atoms with Crippen LogP contribution in [0.15, 0.2) is 95.4 Å². The monoisotopic (exact) mass is 488 g/mol. The molecule has 1 amide bonds. The zero-order valence-electron chi connectivity index (χ0n) is 20.3. The minimum atomic E-state index is -0.299. The fourth-order valence-corrected chi connectivity index (χ4v) is 4.11. The van der Waals surface area contributed by atoms with Gasteiger partial charge in [0.1, 0.15) is 17.4 Å². The molecule has 0 radical (unpaired) electrons. The van der Waals surface area contributed by atoms with E-state index in [0.29, 0.717) is 25.4 Å². The first-order valence-electron chi connectivity index (χ1n) is 12.1. The average molecular weight is 489 g/mol. The molecule has 4 aromatic rings. The van der Waals surface area contributed by atoms with Gasteiger partial charge in [-0.1, -0.05) is 54.6 Å². The number of hydrogen-bond donors (Lipinski definition) is 1. The van der Waals surface area contributed by atoms with E-state index in [0.717, 1.165) is 24.0 Å². The molecule has 1 N–H and O–H groups in total. The Bertz CT molecular complexity index is 1260. The van der Waals surface area contributed by atoms with Crippen molar-refractivity contribution in [1.29, 1.82) is 0 Å². The molecule has 3 aromatic carbocycles. The molecular formula is C30H30F2N2O2. The van der Waals surface area contributed by atoms with Crippen LogP contribution < -0.4 is 5.32 Å². The summed E-state index contributed by atoms with van der Waals surface area (Å²) >= 11 is 0. The molecule has 0 bridgehead atoms. The van der Waals surface area contributed by atoms with E-state index in [1.807, 2.05) is 31.2 Å². The van der Waals surface area contributed by atoms with E-state index in [1.54, 1.807) is 30.3 Å². The topological polar surface area (TPSA) is 45.5 Å². The molecule has 0 aliphatic rings. The summed E-state index contributed by atoms with van der Waals surface area (Å²) in [6.07, 6.45) is 1.70. The average Bonchev–Trinajstić information content (AvgIpc) is 3.33. The molecule has 1 aromatic heterocycles. The lowest BCUT2D eigenvalue weighted by Crippen LogP contribution is -2.32. The van der Waals surface area contributed by atoms with E-state index in [9.17, 15) is 13.6 Å². The predicted octanol–water partition coefficient (Wildman–Crippen LogP) is 6.51. The number of carbonyl (C=O) groups is 1. The number of halogens is 2. The van der Waals surface area contributed by atoms with Crippen molar-refractivity contribution < 1.29 is 18.0 Å². The van der Waals surface area contributed by atoms with E-state index in [4.69, 9.17) is 4.42 Å². The van der Waals surface area contributed by atoms with Gasteiger partial charge in [0.15, 0.2) is 5.76 Å². The Balaban J connectivity index is 1.38. The zero-order chi connectivity index (χ0) is 25.3. The summed E-state index contributed by atoms with van der Waals surface area (Å²) in [5, 5.41) is 3.00. The Labute approximate surface area is 210 Å². The first-order valence-corrected chi connectivity index (χ1v) is 12.1. The van der Waals surface area contributed by atoms with Gasteiger partial charge in [0.05, 0.1) is 6.54 Å². The van der Waals surface area contributed by atoms with Crippen LogP contribution in [0, 0.1) is 11.6 Å². The molecule has 1 unspecified atom stereocenters. The fraction of sp³-hybridized carbons (Fsp3) is 0.233. The van der Waals surface area contributed by atoms with Crippen LogP contribution in [0.3, 0.4) is 0 Å². The van der Waals surface area contributed by atoms with Crippen molar-refractivity contribution in [1.82, 2.24) is 10.2 Å². The number of benzene rings is 3. The molecule has 0 aliphatic heterocycles. The number of aryl methyl sites for hydroxylation is 1. The van der Waals surface area contributed by atoms with Gasteiger partial charge in [0, 0.05) is 19.1 Å². The second kappa shape index (κ2) is 12.3. The molecule has 0 aliphatic carbocycles. The van der Waals surface area contributed by atoms with Crippen molar-refractivity contribution >= 4 is 5.91 Å². The van der Waals surface area contributed by atoms with Gasteiger partial charge in [-0.2, -0.15) is 0 Å². The number of carbonyl (C=O) groups excluding carboxylic acids is 1. The zero-order valence-corrected chi connectivity index (χ0v) is 20.3. The predicted molar refractivity (Wildman–Crippen MR) is 136 cm³/mol. The summed E-state index contributed by atoms with van der Waals surface area (Å²) in [6.45, 7) is 3.36. The standard InChI is InChI=1S/C30H30F2N2O2/c1-22(10-11-23-6-3-2-4-7-23)33-30(35)29-17-16-28(36-29)21-34(19-24-12-14-26(31)15-13-24)20-25-8-5-9-27(32)18-25/h2-9,12-18,22H,10-11,19-21H2,1H3,(H,33,35). The molecule has 0 fully saturated rings. The van der Waals surface area contributed by atoms with Crippen LogP contribution in [-0.4, -0.2) is 16.8 Å². The second-order valence-corrected chi connectivity index (χ2v) is 9.07. The van der Waals surface area contributed by atoms with Gasteiger partial charge < -0.3 is 9.73 Å². The molecule has 186 valence electrons. The lowest BCUT2D eigenvalue weighted by molar-refractivity contribution is 0.0906. The van der Waals surface area contributed by atoms with E-state index >= 15 is 0 Å². The summed E-state index contributed by atoms with van der Waals surface area (Å²) in [5.74, 6) is 0.0272. The third kappa shape index (κ3) is 7.62. The van der Waals surface area contributed by atoms with Gasteiger partial charge in [0.2, 0.25) is 0 Å². The Morgan fingerprint density at radius 2 is 1.53 bits per heavy atom. The van der Waals surface area contributed by atoms with Crippen LogP contribution in [0.25, 0.3) is 0 Å². The molecule has 0 saturated carbocycles. The third-order valence-electron chi connectivity index (χ3n) is 5.97. The normalized spacial score (nSPS) is 12.0. The first kappa shape index (κ1) is 25.3. The lowest BCUT2D eigenvalue weighted by Gasteiger charge is -2.21. The molecule has 0 spiro atoms. The summed E-state index contributed by atoms with van der Waals surface area (Å²) in [5.41, 5.74) is 2.97. The Morgan fingerprint density at radius 3 is 2.28 bits per heavy atom. The van der Waals surface area contributed by atoms with Crippen LogP contribution in [0.5, 0.6) is 0 Å². The van der Waals surface area contributed by atoms with Gasteiger partial charge in [-0.05, 0) is 72.9 Å². The number of furan rings is 1. The van der Waals surface area contributed by atoms with Gasteiger partial charge in [0.25, 0.3) is 5.91 Å². The second-order valence-electron chi connectivity index (χ2n) is 9.07. The molecule has 0 saturated heterocycles. The molecule has 6 heteroatoms. The van der Waals surface area contributed by atoms with Crippen LogP contribution >= 0.6 is 0 Å². The highest BCUT2D eigenvalue weighted by Gasteiger charge is 2.16. The van der Waals surface area contributed by atoms with Crippen molar-refractivity contribution in [3.05, 3.63) is 131 Å². The van der Waals surface area contributed by atoms with Crippen LogP contribution in [0.4, 0.5) is 8.78 Å². The molecule has 36 heavy (non-hydrogen) atoms. The Hall–Kier alpha value is -3.77. The smallest absolute Gasteiger partial charge is 0.287 e. The highest BCUT2D eigenvalue weighted by Crippen LogP contribution is 2.18. The lowest BCUT2D eigenvalue weighted by atomic mass is 10.1. The van der Waals surface area contributed by atoms with Crippen molar-refractivity contribution in [2.45, 2.75) is 45.4 Å². The first-order chi connectivity index (χ1) is 17.4. The fourth-order valence-electron chi connectivity index (χ4n) is 4.11. The van der Waals surface area contributed by atoms with Crippen LogP contribution in [0.2, 0.25) is 0 Å². The summed E-state index contributed by atoms with van der Waals surface area (Å²) in [6, 6.07) is 26.4. The van der Waals surface area contributed by atoms with Gasteiger partial charge in [-0.15, -0.1) is 0 Å². The van der Waals surface area contributed by atoms with E-state index < -0.39 is 0 Å². The van der Waals surface area contributed by atoms with Crippen molar-refractivity contribution in [2.75, 3.05) is 0 Å². The van der Waals surface area contributed by atoms with Crippen LogP contribution in [-0.2, 0) is 26.1 Å². The van der Waals surface area contributed by atoms with Crippen LogP contribution in [0.1, 0.15) is 46.3 Å². The van der Waals surface area contributed by atoms with Gasteiger partial charge in [-0.25, -0.2) is 8.78 Å². The van der Waals surface area contributed by atoms with Gasteiger partial charge in [-0.3, -0.25) is 9.69 Å². The number of hydrogen-bond acceptors (Lipinski definition) is 3. The Morgan fingerprint density at radius 1 is 0.806 bits per heavy atom. The molecule has 4 rings (SSSR count). The molecular weight excluding hydrogens is 458 g/mol. The number of nitrogens with zero attached hydrogens (tertiary/aromatic N) is 1. The minimum absolute atomic E-state index is 0.00536. The Kier molecular flexibility index (Phi) is 8.63. The number of rotatable bonds is 11. The quantitative estimate of drug-likeness (QED) is 0.262. The third-order valence-corrected chi connectivity index (χ3v) is 5.97. The van der Waals surface area contributed by atoms with E-state index in [2.05, 4.69) is 22.3 Å². The summed E-state index contributed by atoms with van der Waals surface area (Å²) in [4.78, 5) is 14.8. The van der Waals surface area contributed by atoms with E-state index in [1.165, 1.54) is 29.8 Å². The summed E-state index contributed by atoms with van der Waals surface area (Å²) in [7, 11) is 0. The SMILES string of the molecule is CC(CCc1ccccc1)NC(=O)c1ccc(CN(Cc2ccc(F)cc2)Cc2cccc(F)c2)o1. The van der Waals surface area contributed by atoms with E-state index in [-0.39, 0.29) is 29.3 Å². The maximum absolute atomic E-state index is 13.7. The maximum Gasteiger partial charge on any atom is 0.287 e. The number of nitrogens with one attached hydrogen (secondary N) is 1. The van der Waals surface area contributed by atoms with Crippen molar-refractivity contribution in [3.8, 4) is 0 Å². The number of amides is 1. The summed E-state index contributed by atoms with van der Waals surface area (Å²) < 4.78 is 33.0. The van der Waals surface area contributed by atoms with Crippen molar-refractivity contribution in [2.24, 2.45) is 0 Å². The highest BCUT2D eigenvalue weighted by atomic mass is 19.1. The largest absolute Gasteiger partial charge is 0.455 e. The van der Waals surface area contributed by atoms with Crippen molar-refractivity contribution in [3.63, 3.8) is 0 Å². The molecule has 1 heterocycles. The maximum atomic E-state index is 13.7. The minimum Gasteiger partial charge on any atom is -0.455 e. The molecule has 1 atom stereocenters.